The Labute approximate surface area is 125 Å². The summed E-state index contributed by atoms with van der Waals surface area (Å²) in [6.07, 6.45) is -6.27. The lowest BCUT2D eigenvalue weighted by Crippen LogP contribution is -2.48. The SMILES string of the molecule is C[C@@H]1CCC([C@@H](O)C(F)(F)F)N1c1ccc(C#N)c(Cl)c1. The molecular weight excluding hydrogens is 305 g/mol. The van der Waals surface area contributed by atoms with E-state index in [1.165, 1.54) is 17.0 Å². The van der Waals surface area contributed by atoms with E-state index in [9.17, 15) is 18.3 Å². The lowest BCUT2D eigenvalue weighted by Gasteiger charge is -2.34. The minimum absolute atomic E-state index is 0.143. The number of aliphatic hydroxyl groups is 1. The Bertz CT molecular complexity index is 570. The molecule has 0 radical (unpaired) electrons. The highest BCUT2D eigenvalue weighted by molar-refractivity contribution is 6.32. The van der Waals surface area contributed by atoms with Crippen LogP contribution in [0.15, 0.2) is 18.2 Å². The Kier molecular flexibility index (Phi) is 4.35. The number of hydrogen-bond acceptors (Lipinski definition) is 3. The molecule has 1 heterocycles. The van der Waals surface area contributed by atoms with Crippen molar-refractivity contribution >= 4 is 17.3 Å². The summed E-state index contributed by atoms with van der Waals surface area (Å²) in [7, 11) is 0. The molecule has 1 aromatic rings. The molecule has 1 fully saturated rings. The highest BCUT2D eigenvalue weighted by Crippen LogP contribution is 2.37. The summed E-state index contributed by atoms with van der Waals surface area (Å²) >= 11 is 5.94. The van der Waals surface area contributed by atoms with Gasteiger partial charge in [0.15, 0.2) is 6.10 Å². The molecule has 0 bridgehead atoms. The zero-order chi connectivity index (χ0) is 15.8. The third-order valence-electron chi connectivity index (χ3n) is 3.78. The highest BCUT2D eigenvalue weighted by Gasteiger charge is 2.48. The van der Waals surface area contributed by atoms with Crippen molar-refractivity contribution < 1.29 is 18.3 Å². The number of alkyl halides is 3. The van der Waals surface area contributed by atoms with Gasteiger partial charge in [-0.15, -0.1) is 0 Å². The monoisotopic (exact) mass is 318 g/mol. The van der Waals surface area contributed by atoms with Crippen LogP contribution in [0.1, 0.15) is 25.3 Å². The van der Waals surface area contributed by atoms with E-state index in [1.807, 2.05) is 6.07 Å². The first-order valence-corrected chi connectivity index (χ1v) is 6.86. The van der Waals surface area contributed by atoms with Crippen LogP contribution < -0.4 is 4.90 Å². The van der Waals surface area contributed by atoms with Crippen molar-refractivity contribution in [1.82, 2.24) is 0 Å². The molecule has 1 saturated heterocycles. The molecular formula is C14H14ClF3N2O. The number of halogens is 4. The van der Waals surface area contributed by atoms with Crippen molar-refractivity contribution in [1.29, 1.82) is 5.26 Å². The quantitative estimate of drug-likeness (QED) is 0.908. The molecule has 0 aromatic heterocycles. The van der Waals surface area contributed by atoms with E-state index in [1.54, 1.807) is 13.0 Å². The predicted octanol–water partition coefficient (Wildman–Crippen LogP) is 3.49. The van der Waals surface area contributed by atoms with Gasteiger partial charge < -0.3 is 10.0 Å². The van der Waals surface area contributed by atoms with E-state index in [-0.39, 0.29) is 23.0 Å². The maximum atomic E-state index is 12.8. The van der Waals surface area contributed by atoms with E-state index in [0.717, 1.165) is 0 Å². The summed E-state index contributed by atoms with van der Waals surface area (Å²) < 4.78 is 38.3. The number of benzene rings is 1. The fourth-order valence-corrected chi connectivity index (χ4v) is 2.96. The molecule has 114 valence electrons. The highest BCUT2D eigenvalue weighted by atomic mass is 35.5. The van der Waals surface area contributed by atoms with Gasteiger partial charge >= 0.3 is 6.18 Å². The smallest absolute Gasteiger partial charge is 0.382 e. The summed E-state index contributed by atoms with van der Waals surface area (Å²) in [5.41, 5.74) is 0.748. The van der Waals surface area contributed by atoms with Gasteiger partial charge in [-0.05, 0) is 38.0 Å². The number of anilines is 1. The number of nitriles is 1. The van der Waals surface area contributed by atoms with E-state index < -0.39 is 18.3 Å². The molecule has 1 unspecified atom stereocenters. The number of hydrogen-bond donors (Lipinski definition) is 1. The molecule has 0 amide bonds. The number of rotatable bonds is 2. The Morgan fingerprint density at radius 2 is 2.10 bits per heavy atom. The normalized spacial score (nSPS) is 24.0. The van der Waals surface area contributed by atoms with Gasteiger partial charge in [-0.25, -0.2) is 0 Å². The Hall–Kier alpha value is -1.45. The minimum atomic E-state index is -4.66. The lowest BCUT2D eigenvalue weighted by atomic mass is 10.1. The Morgan fingerprint density at radius 1 is 1.43 bits per heavy atom. The molecule has 7 heteroatoms. The molecule has 3 atom stereocenters. The van der Waals surface area contributed by atoms with E-state index in [0.29, 0.717) is 12.1 Å². The molecule has 0 saturated carbocycles. The van der Waals surface area contributed by atoms with Crippen LogP contribution in [0.5, 0.6) is 0 Å². The zero-order valence-electron chi connectivity index (χ0n) is 11.2. The van der Waals surface area contributed by atoms with Gasteiger partial charge in [0, 0.05) is 11.7 Å². The molecule has 1 aromatic carbocycles. The fraction of sp³-hybridized carbons (Fsp3) is 0.500. The topological polar surface area (TPSA) is 47.3 Å². The first-order chi connectivity index (χ1) is 9.75. The standard InChI is InChI=1S/C14H14ClF3N2O/c1-8-2-5-12(13(21)14(16,17)18)20(8)10-4-3-9(7-19)11(15)6-10/h3-4,6,8,12-13,21H,2,5H2,1H3/t8-,12?,13-/m1/s1. The van der Waals surface area contributed by atoms with Gasteiger partial charge in [0.1, 0.15) is 6.07 Å². The van der Waals surface area contributed by atoms with Crippen LogP contribution in [0.25, 0.3) is 0 Å². The predicted molar refractivity (Wildman–Crippen MR) is 73.2 cm³/mol. The molecule has 21 heavy (non-hydrogen) atoms. The van der Waals surface area contributed by atoms with E-state index >= 15 is 0 Å². The summed E-state index contributed by atoms with van der Waals surface area (Å²) in [5, 5.41) is 18.6. The average Bonchev–Trinajstić information content (AvgIpc) is 2.78. The molecule has 1 N–H and O–H groups in total. The van der Waals surface area contributed by atoms with Crippen molar-refractivity contribution in [2.75, 3.05) is 4.90 Å². The van der Waals surface area contributed by atoms with Crippen molar-refractivity contribution in [3.63, 3.8) is 0 Å². The van der Waals surface area contributed by atoms with Crippen LogP contribution in [0.3, 0.4) is 0 Å². The summed E-state index contributed by atoms with van der Waals surface area (Å²) in [6, 6.07) is 5.22. The second-order valence-electron chi connectivity index (χ2n) is 5.16. The molecule has 3 nitrogen and oxygen atoms in total. The van der Waals surface area contributed by atoms with Crippen molar-refractivity contribution in [2.45, 2.75) is 44.1 Å². The third-order valence-corrected chi connectivity index (χ3v) is 4.10. The molecule has 1 aliphatic rings. The van der Waals surface area contributed by atoms with Crippen molar-refractivity contribution in [2.24, 2.45) is 0 Å². The van der Waals surface area contributed by atoms with Crippen molar-refractivity contribution in [3.8, 4) is 6.07 Å². The Balaban J connectivity index is 2.35. The molecule has 2 rings (SSSR count). The van der Waals surface area contributed by atoms with Gasteiger partial charge in [-0.3, -0.25) is 0 Å². The van der Waals surface area contributed by atoms with Crippen LogP contribution in [0.4, 0.5) is 18.9 Å². The second-order valence-corrected chi connectivity index (χ2v) is 5.57. The third kappa shape index (κ3) is 3.09. The summed E-state index contributed by atoms with van der Waals surface area (Å²) in [4.78, 5) is 1.53. The fourth-order valence-electron chi connectivity index (χ4n) is 2.75. The van der Waals surface area contributed by atoms with Gasteiger partial charge in [0.25, 0.3) is 0 Å². The first-order valence-electron chi connectivity index (χ1n) is 6.48. The largest absolute Gasteiger partial charge is 0.416 e. The van der Waals surface area contributed by atoms with E-state index in [2.05, 4.69) is 0 Å². The summed E-state index contributed by atoms with van der Waals surface area (Å²) in [6.45, 7) is 1.80. The van der Waals surface area contributed by atoms with Crippen LogP contribution in [-0.2, 0) is 0 Å². The van der Waals surface area contributed by atoms with Gasteiger partial charge in [0.05, 0.1) is 16.6 Å². The van der Waals surface area contributed by atoms with Crippen molar-refractivity contribution in [3.05, 3.63) is 28.8 Å². The Morgan fingerprint density at radius 3 is 2.62 bits per heavy atom. The van der Waals surface area contributed by atoms with Gasteiger partial charge in [-0.1, -0.05) is 11.6 Å². The average molecular weight is 319 g/mol. The second kappa shape index (κ2) is 5.74. The molecule has 1 aliphatic heterocycles. The van der Waals surface area contributed by atoms with Crippen LogP contribution >= 0.6 is 11.6 Å². The van der Waals surface area contributed by atoms with Crippen LogP contribution in [0, 0.1) is 11.3 Å². The van der Waals surface area contributed by atoms with Crippen LogP contribution in [-0.4, -0.2) is 29.5 Å². The first kappa shape index (κ1) is 15.9. The number of nitrogens with zero attached hydrogens (tertiary/aromatic N) is 2. The minimum Gasteiger partial charge on any atom is -0.382 e. The maximum absolute atomic E-state index is 12.8. The van der Waals surface area contributed by atoms with E-state index in [4.69, 9.17) is 16.9 Å². The maximum Gasteiger partial charge on any atom is 0.416 e. The van der Waals surface area contributed by atoms with Gasteiger partial charge in [-0.2, -0.15) is 18.4 Å². The van der Waals surface area contributed by atoms with Gasteiger partial charge in [0.2, 0.25) is 0 Å². The zero-order valence-corrected chi connectivity index (χ0v) is 12.0. The number of aliphatic hydroxyl groups excluding tert-OH is 1. The van der Waals surface area contributed by atoms with Crippen LogP contribution in [0.2, 0.25) is 5.02 Å². The molecule has 0 aliphatic carbocycles. The summed E-state index contributed by atoms with van der Waals surface area (Å²) in [5.74, 6) is 0. The lowest BCUT2D eigenvalue weighted by molar-refractivity contribution is -0.209. The molecule has 0 spiro atoms.